The van der Waals surface area contributed by atoms with E-state index in [0.717, 1.165) is 18.8 Å². The Morgan fingerprint density at radius 3 is 2.60 bits per heavy atom. The van der Waals surface area contributed by atoms with E-state index in [1.54, 1.807) is 0 Å². The number of carbonyl (C=O) groups excluding carboxylic acids is 1. The van der Waals surface area contributed by atoms with E-state index in [2.05, 4.69) is 13.8 Å². The summed E-state index contributed by atoms with van der Waals surface area (Å²) in [5.74, 6) is 1.59. The normalized spacial score (nSPS) is 20.6. The smallest absolute Gasteiger partial charge is 0.135 e. The highest BCUT2D eigenvalue weighted by Crippen LogP contribution is 2.37. The molecule has 1 rings (SSSR count). The topological polar surface area (TPSA) is 17.1 Å². The zero-order valence-corrected chi connectivity index (χ0v) is 6.89. The van der Waals surface area contributed by atoms with Gasteiger partial charge in [0.1, 0.15) is 5.78 Å². The van der Waals surface area contributed by atoms with Crippen LogP contribution in [0.1, 0.15) is 39.5 Å². The Labute approximate surface area is 62.8 Å². The molecule has 0 aliphatic heterocycles. The van der Waals surface area contributed by atoms with Crippen LogP contribution in [-0.2, 0) is 4.79 Å². The first-order chi connectivity index (χ1) is 4.75. The summed E-state index contributed by atoms with van der Waals surface area (Å²) in [6.07, 6.45) is 4.38. The van der Waals surface area contributed by atoms with Crippen molar-refractivity contribution in [3.05, 3.63) is 0 Å². The van der Waals surface area contributed by atoms with E-state index in [0.29, 0.717) is 11.7 Å². The highest BCUT2D eigenvalue weighted by atomic mass is 16.1. The summed E-state index contributed by atoms with van der Waals surface area (Å²) in [5.41, 5.74) is 0. The first kappa shape index (κ1) is 7.77. The molecule has 0 radical (unpaired) electrons. The van der Waals surface area contributed by atoms with Gasteiger partial charge in [-0.05, 0) is 25.2 Å². The molecule has 1 nitrogen and oxygen atoms in total. The zero-order valence-electron chi connectivity index (χ0n) is 6.89. The van der Waals surface area contributed by atoms with E-state index in [1.807, 2.05) is 0 Å². The Hall–Kier alpha value is -0.330. The highest BCUT2D eigenvalue weighted by molar-refractivity contribution is 5.81. The van der Waals surface area contributed by atoms with E-state index in [1.165, 1.54) is 12.8 Å². The van der Waals surface area contributed by atoms with Crippen LogP contribution in [0.5, 0.6) is 0 Å². The summed E-state index contributed by atoms with van der Waals surface area (Å²) >= 11 is 0. The molecule has 0 aromatic rings. The maximum Gasteiger partial charge on any atom is 0.135 e. The van der Waals surface area contributed by atoms with Gasteiger partial charge in [-0.25, -0.2) is 0 Å². The maximum absolute atomic E-state index is 11.2. The monoisotopic (exact) mass is 140 g/mol. The minimum atomic E-state index is 0.361. The van der Waals surface area contributed by atoms with Crippen LogP contribution in [0.15, 0.2) is 0 Å². The standard InChI is InChI=1S/C9H16O/c1-3-4-9(10)7(2)8-5-6-8/h7-8H,3-6H2,1-2H3. The van der Waals surface area contributed by atoms with Gasteiger partial charge in [0.25, 0.3) is 0 Å². The highest BCUT2D eigenvalue weighted by Gasteiger charge is 2.31. The van der Waals surface area contributed by atoms with Crippen LogP contribution in [0.3, 0.4) is 0 Å². The molecule has 0 heterocycles. The fourth-order valence-electron chi connectivity index (χ4n) is 1.33. The SMILES string of the molecule is CCCC(=O)C(C)C1CC1. The second kappa shape index (κ2) is 3.18. The van der Waals surface area contributed by atoms with Gasteiger partial charge in [0.05, 0.1) is 0 Å². The summed E-state index contributed by atoms with van der Waals surface area (Å²) in [4.78, 5) is 11.2. The summed E-state index contributed by atoms with van der Waals surface area (Å²) < 4.78 is 0. The van der Waals surface area contributed by atoms with Crippen LogP contribution in [0, 0.1) is 11.8 Å². The summed E-state index contributed by atoms with van der Waals surface area (Å²) in [6, 6.07) is 0. The molecule has 58 valence electrons. The average Bonchev–Trinajstić information content (AvgIpc) is 2.68. The second-order valence-electron chi connectivity index (χ2n) is 3.34. The molecule has 0 spiro atoms. The average molecular weight is 140 g/mol. The van der Waals surface area contributed by atoms with Crippen LogP contribution in [0.25, 0.3) is 0 Å². The molecule has 1 atom stereocenters. The molecular weight excluding hydrogens is 124 g/mol. The summed E-state index contributed by atoms with van der Waals surface area (Å²) in [5, 5.41) is 0. The number of carbonyl (C=O) groups is 1. The first-order valence-corrected chi connectivity index (χ1v) is 4.28. The largest absolute Gasteiger partial charge is 0.299 e. The van der Waals surface area contributed by atoms with Gasteiger partial charge in [-0.1, -0.05) is 13.8 Å². The lowest BCUT2D eigenvalue weighted by atomic mass is 9.98. The zero-order chi connectivity index (χ0) is 7.56. The summed E-state index contributed by atoms with van der Waals surface area (Å²) in [7, 11) is 0. The summed E-state index contributed by atoms with van der Waals surface area (Å²) in [6.45, 7) is 4.15. The van der Waals surface area contributed by atoms with Crippen molar-refractivity contribution in [2.45, 2.75) is 39.5 Å². The predicted octanol–water partition coefficient (Wildman–Crippen LogP) is 2.40. The minimum absolute atomic E-state index is 0.361. The van der Waals surface area contributed by atoms with Gasteiger partial charge in [-0.2, -0.15) is 0 Å². The van der Waals surface area contributed by atoms with Crippen LogP contribution >= 0.6 is 0 Å². The second-order valence-corrected chi connectivity index (χ2v) is 3.34. The fraction of sp³-hybridized carbons (Fsp3) is 0.889. The number of Topliss-reactive ketones (excluding diaryl/α,β-unsaturated/α-hetero) is 1. The molecule has 1 saturated carbocycles. The molecule has 0 aromatic carbocycles. The lowest BCUT2D eigenvalue weighted by molar-refractivity contribution is -0.122. The Morgan fingerprint density at radius 1 is 1.60 bits per heavy atom. The number of hydrogen-bond donors (Lipinski definition) is 0. The Kier molecular flexibility index (Phi) is 2.47. The lowest BCUT2D eigenvalue weighted by Gasteiger charge is -2.06. The molecule has 0 amide bonds. The van der Waals surface area contributed by atoms with Crippen molar-refractivity contribution in [1.82, 2.24) is 0 Å². The third-order valence-electron chi connectivity index (χ3n) is 2.33. The molecule has 1 aliphatic rings. The molecule has 1 aliphatic carbocycles. The van der Waals surface area contributed by atoms with E-state index in [-0.39, 0.29) is 0 Å². The maximum atomic E-state index is 11.2. The Morgan fingerprint density at radius 2 is 2.20 bits per heavy atom. The molecule has 0 aromatic heterocycles. The molecule has 10 heavy (non-hydrogen) atoms. The van der Waals surface area contributed by atoms with Gasteiger partial charge in [0.2, 0.25) is 0 Å². The van der Waals surface area contributed by atoms with Gasteiger partial charge in [-0.3, -0.25) is 4.79 Å². The fourth-order valence-corrected chi connectivity index (χ4v) is 1.33. The number of rotatable bonds is 4. The van der Waals surface area contributed by atoms with E-state index >= 15 is 0 Å². The van der Waals surface area contributed by atoms with Crippen LogP contribution in [0.4, 0.5) is 0 Å². The van der Waals surface area contributed by atoms with Crippen LogP contribution < -0.4 is 0 Å². The van der Waals surface area contributed by atoms with E-state index in [9.17, 15) is 4.79 Å². The third-order valence-corrected chi connectivity index (χ3v) is 2.33. The van der Waals surface area contributed by atoms with Gasteiger partial charge in [-0.15, -0.1) is 0 Å². The van der Waals surface area contributed by atoms with Crippen LogP contribution in [-0.4, -0.2) is 5.78 Å². The molecule has 0 saturated heterocycles. The van der Waals surface area contributed by atoms with Crippen molar-refractivity contribution < 1.29 is 4.79 Å². The van der Waals surface area contributed by atoms with Gasteiger partial charge in [0.15, 0.2) is 0 Å². The Balaban J connectivity index is 2.24. The van der Waals surface area contributed by atoms with Crippen molar-refractivity contribution in [2.24, 2.45) is 11.8 Å². The van der Waals surface area contributed by atoms with Gasteiger partial charge < -0.3 is 0 Å². The van der Waals surface area contributed by atoms with Crippen molar-refractivity contribution >= 4 is 5.78 Å². The molecular formula is C9H16O. The van der Waals surface area contributed by atoms with Gasteiger partial charge in [0, 0.05) is 12.3 Å². The number of hydrogen-bond acceptors (Lipinski definition) is 1. The molecule has 0 bridgehead atoms. The molecule has 1 fully saturated rings. The van der Waals surface area contributed by atoms with Crippen molar-refractivity contribution in [3.63, 3.8) is 0 Å². The third kappa shape index (κ3) is 1.83. The van der Waals surface area contributed by atoms with Crippen molar-refractivity contribution in [2.75, 3.05) is 0 Å². The number of ketones is 1. The lowest BCUT2D eigenvalue weighted by Crippen LogP contribution is -2.11. The Bertz CT molecular complexity index is 125. The minimum Gasteiger partial charge on any atom is -0.299 e. The van der Waals surface area contributed by atoms with E-state index < -0.39 is 0 Å². The predicted molar refractivity (Wildman–Crippen MR) is 41.8 cm³/mol. The quantitative estimate of drug-likeness (QED) is 0.586. The molecule has 1 unspecified atom stereocenters. The van der Waals surface area contributed by atoms with E-state index in [4.69, 9.17) is 0 Å². The van der Waals surface area contributed by atoms with Gasteiger partial charge >= 0.3 is 0 Å². The van der Waals surface area contributed by atoms with Crippen molar-refractivity contribution in [3.8, 4) is 0 Å². The van der Waals surface area contributed by atoms with Crippen LogP contribution in [0.2, 0.25) is 0 Å². The molecule has 1 heteroatoms. The first-order valence-electron chi connectivity index (χ1n) is 4.28. The van der Waals surface area contributed by atoms with Crippen molar-refractivity contribution in [1.29, 1.82) is 0 Å². The molecule has 0 N–H and O–H groups in total.